The van der Waals surface area contributed by atoms with Crippen LogP contribution < -0.4 is 5.73 Å². The maximum Gasteiger partial charge on any atom is 0.142 e. The van der Waals surface area contributed by atoms with E-state index in [4.69, 9.17) is 5.73 Å². The predicted molar refractivity (Wildman–Crippen MR) is 87.3 cm³/mol. The van der Waals surface area contributed by atoms with Crippen molar-refractivity contribution in [1.29, 1.82) is 0 Å². The summed E-state index contributed by atoms with van der Waals surface area (Å²) in [6.45, 7) is 4.23. The number of hydrogen-bond acceptors (Lipinski definition) is 5. The van der Waals surface area contributed by atoms with Crippen LogP contribution in [0.25, 0.3) is 10.2 Å². The van der Waals surface area contributed by atoms with Crippen molar-refractivity contribution in [3.8, 4) is 0 Å². The average molecular weight is 301 g/mol. The number of thioether (sulfide) groups is 1. The fourth-order valence-electron chi connectivity index (χ4n) is 1.99. The Morgan fingerprint density at radius 3 is 2.90 bits per heavy atom. The van der Waals surface area contributed by atoms with Crippen LogP contribution in [0.3, 0.4) is 0 Å². The monoisotopic (exact) mass is 301 g/mol. The molecule has 3 aromatic rings. The highest BCUT2D eigenvalue weighted by molar-refractivity contribution is 7.98. The van der Waals surface area contributed by atoms with Crippen LogP contribution in [0.5, 0.6) is 0 Å². The Morgan fingerprint density at radius 1 is 1.20 bits per heavy atom. The van der Waals surface area contributed by atoms with Crippen molar-refractivity contribution in [2.75, 3.05) is 5.73 Å². The Bertz CT molecular complexity index is 765. The average Bonchev–Trinajstić information content (AvgIpc) is 2.89. The van der Waals surface area contributed by atoms with E-state index < -0.39 is 0 Å². The van der Waals surface area contributed by atoms with Crippen molar-refractivity contribution in [1.82, 2.24) is 9.97 Å². The van der Waals surface area contributed by atoms with E-state index in [1.807, 2.05) is 11.4 Å². The molecule has 20 heavy (non-hydrogen) atoms. The molecule has 5 heteroatoms. The molecular weight excluding hydrogens is 286 g/mol. The zero-order valence-corrected chi connectivity index (χ0v) is 13.0. The summed E-state index contributed by atoms with van der Waals surface area (Å²) < 4.78 is 0. The minimum Gasteiger partial charge on any atom is -0.383 e. The Balaban J connectivity index is 1.84. The second kappa shape index (κ2) is 5.42. The molecule has 0 aliphatic heterocycles. The Kier molecular flexibility index (Phi) is 3.63. The number of rotatable bonds is 3. The van der Waals surface area contributed by atoms with Crippen LogP contribution >= 0.6 is 23.1 Å². The molecule has 0 fully saturated rings. The van der Waals surface area contributed by atoms with Crippen molar-refractivity contribution in [3.63, 3.8) is 0 Å². The molecule has 0 unspecified atom stereocenters. The molecule has 2 N–H and O–H groups in total. The number of aromatic nitrogens is 2. The minimum absolute atomic E-state index is 0.577. The van der Waals surface area contributed by atoms with Gasteiger partial charge in [-0.2, -0.15) is 0 Å². The molecule has 2 heterocycles. The number of nitrogen functional groups attached to an aromatic ring is 1. The zero-order chi connectivity index (χ0) is 14.1. The van der Waals surface area contributed by atoms with E-state index >= 15 is 0 Å². The number of nitrogens with zero attached hydrogens (tertiary/aromatic N) is 2. The Labute approximate surface area is 126 Å². The standard InChI is InChI=1S/C15H15N3S2/c1-9-3-4-10(2)12(7-9)20-8-13-17-14(16)11-5-6-19-15(11)18-13/h3-7H,8H2,1-2H3,(H2,16,17,18). The zero-order valence-electron chi connectivity index (χ0n) is 11.4. The molecule has 3 rings (SSSR count). The van der Waals surface area contributed by atoms with Gasteiger partial charge in [-0.05, 0) is 36.9 Å². The van der Waals surface area contributed by atoms with Gasteiger partial charge in [0.25, 0.3) is 0 Å². The molecule has 0 aliphatic rings. The molecule has 0 saturated heterocycles. The lowest BCUT2D eigenvalue weighted by Crippen LogP contribution is -1.98. The molecule has 102 valence electrons. The van der Waals surface area contributed by atoms with E-state index in [0.29, 0.717) is 5.82 Å². The van der Waals surface area contributed by atoms with Crippen molar-refractivity contribution in [3.05, 3.63) is 46.6 Å². The molecule has 0 radical (unpaired) electrons. The Morgan fingerprint density at radius 2 is 2.05 bits per heavy atom. The molecule has 0 aliphatic carbocycles. The summed E-state index contributed by atoms with van der Waals surface area (Å²) in [5.41, 5.74) is 8.52. The van der Waals surface area contributed by atoms with Crippen LogP contribution in [0.4, 0.5) is 5.82 Å². The fourth-order valence-corrected chi connectivity index (χ4v) is 3.76. The van der Waals surface area contributed by atoms with Gasteiger partial charge in [0.05, 0.1) is 11.1 Å². The third-order valence-electron chi connectivity index (χ3n) is 3.10. The number of aryl methyl sites for hydroxylation is 2. The van der Waals surface area contributed by atoms with Crippen molar-refractivity contribution in [2.24, 2.45) is 0 Å². The van der Waals surface area contributed by atoms with Gasteiger partial charge in [0.2, 0.25) is 0 Å². The first kappa shape index (κ1) is 13.4. The van der Waals surface area contributed by atoms with Crippen LogP contribution in [0.1, 0.15) is 17.0 Å². The van der Waals surface area contributed by atoms with E-state index in [2.05, 4.69) is 42.0 Å². The van der Waals surface area contributed by atoms with Crippen molar-refractivity contribution in [2.45, 2.75) is 24.5 Å². The summed E-state index contributed by atoms with van der Waals surface area (Å²) in [4.78, 5) is 11.2. The number of benzene rings is 1. The van der Waals surface area contributed by atoms with Crippen molar-refractivity contribution < 1.29 is 0 Å². The quantitative estimate of drug-likeness (QED) is 0.737. The first-order valence-electron chi connectivity index (χ1n) is 6.33. The summed E-state index contributed by atoms with van der Waals surface area (Å²) in [5, 5.41) is 2.95. The molecule has 1 aromatic carbocycles. The first-order chi connectivity index (χ1) is 9.63. The van der Waals surface area contributed by atoms with Crippen LogP contribution in [0.2, 0.25) is 0 Å². The SMILES string of the molecule is Cc1ccc(C)c(SCc2nc(N)c3ccsc3n2)c1. The summed E-state index contributed by atoms with van der Waals surface area (Å²) in [6.07, 6.45) is 0. The summed E-state index contributed by atoms with van der Waals surface area (Å²) >= 11 is 3.36. The molecule has 0 atom stereocenters. The van der Waals surface area contributed by atoms with Gasteiger partial charge in [-0.1, -0.05) is 17.7 Å². The van der Waals surface area contributed by atoms with Gasteiger partial charge < -0.3 is 5.73 Å². The topological polar surface area (TPSA) is 51.8 Å². The van der Waals surface area contributed by atoms with Gasteiger partial charge in [0, 0.05) is 4.90 Å². The molecule has 3 nitrogen and oxygen atoms in total. The molecule has 0 saturated carbocycles. The van der Waals surface area contributed by atoms with Gasteiger partial charge in [0.15, 0.2) is 0 Å². The lowest BCUT2D eigenvalue weighted by atomic mass is 10.2. The second-order valence-electron chi connectivity index (χ2n) is 4.72. The van der Waals surface area contributed by atoms with Crippen LogP contribution in [0.15, 0.2) is 34.5 Å². The molecule has 0 amide bonds. The van der Waals surface area contributed by atoms with Gasteiger partial charge >= 0.3 is 0 Å². The summed E-state index contributed by atoms with van der Waals surface area (Å²) in [7, 11) is 0. The summed E-state index contributed by atoms with van der Waals surface area (Å²) in [5.74, 6) is 2.11. The lowest BCUT2D eigenvalue weighted by molar-refractivity contribution is 1.08. The smallest absolute Gasteiger partial charge is 0.142 e. The number of hydrogen-bond donors (Lipinski definition) is 1. The summed E-state index contributed by atoms with van der Waals surface area (Å²) in [6, 6.07) is 8.45. The maximum atomic E-state index is 5.97. The van der Waals surface area contributed by atoms with Gasteiger partial charge in [-0.3, -0.25) is 0 Å². The minimum atomic E-state index is 0.577. The number of fused-ring (bicyclic) bond motifs is 1. The van der Waals surface area contributed by atoms with E-state index in [1.165, 1.54) is 16.0 Å². The van der Waals surface area contributed by atoms with Crippen LogP contribution in [-0.2, 0) is 5.75 Å². The van der Waals surface area contributed by atoms with E-state index in [1.54, 1.807) is 23.1 Å². The highest BCUT2D eigenvalue weighted by Gasteiger charge is 2.07. The van der Waals surface area contributed by atoms with E-state index in [9.17, 15) is 0 Å². The highest BCUT2D eigenvalue weighted by Crippen LogP contribution is 2.28. The number of nitrogens with two attached hydrogens (primary N) is 1. The van der Waals surface area contributed by atoms with Crippen molar-refractivity contribution >= 4 is 39.1 Å². The third kappa shape index (κ3) is 2.64. The molecule has 0 spiro atoms. The fraction of sp³-hybridized carbons (Fsp3) is 0.200. The normalized spacial score (nSPS) is 11.1. The van der Waals surface area contributed by atoms with Gasteiger partial charge in [-0.25, -0.2) is 9.97 Å². The van der Waals surface area contributed by atoms with Gasteiger partial charge in [0.1, 0.15) is 16.5 Å². The van der Waals surface area contributed by atoms with Crippen LogP contribution in [0, 0.1) is 13.8 Å². The number of thiophene rings is 1. The third-order valence-corrected chi connectivity index (χ3v) is 5.06. The van der Waals surface area contributed by atoms with Crippen LogP contribution in [-0.4, -0.2) is 9.97 Å². The number of anilines is 1. The molecule has 2 aromatic heterocycles. The van der Waals surface area contributed by atoms with E-state index in [-0.39, 0.29) is 0 Å². The van der Waals surface area contributed by atoms with E-state index in [0.717, 1.165) is 21.8 Å². The lowest BCUT2D eigenvalue weighted by Gasteiger charge is -2.07. The predicted octanol–water partition coefficient (Wildman–Crippen LogP) is 4.18. The second-order valence-corrected chi connectivity index (χ2v) is 6.63. The highest BCUT2D eigenvalue weighted by atomic mass is 32.2. The Hall–Kier alpha value is -1.59. The maximum absolute atomic E-state index is 5.97. The first-order valence-corrected chi connectivity index (χ1v) is 8.19. The molecular formula is C15H15N3S2. The molecule has 0 bridgehead atoms. The largest absolute Gasteiger partial charge is 0.383 e. The van der Waals surface area contributed by atoms with Gasteiger partial charge in [-0.15, -0.1) is 23.1 Å².